The van der Waals surface area contributed by atoms with Gasteiger partial charge >= 0.3 is 5.97 Å². The van der Waals surface area contributed by atoms with Crippen LogP contribution in [0.2, 0.25) is 0 Å². The van der Waals surface area contributed by atoms with Gasteiger partial charge in [-0.3, -0.25) is 14.5 Å². The predicted octanol–water partition coefficient (Wildman–Crippen LogP) is 4.35. The molecule has 0 unspecified atom stereocenters. The number of carbonyl (C=O) groups excluding carboxylic acids is 2. The summed E-state index contributed by atoms with van der Waals surface area (Å²) >= 11 is 6.40. The molecule has 162 valence electrons. The van der Waals surface area contributed by atoms with E-state index < -0.39 is 5.97 Å². The number of rotatable bonds is 8. The van der Waals surface area contributed by atoms with E-state index in [4.69, 9.17) is 26.4 Å². The molecule has 8 heteroatoms. The van der Waals surface area contributed by atoms with E-state index >= 15 is 0 Å². The topological polar surface area (TPSA) is 65.1 Å². The fraction of sp³-hybridized carbons (Fsp3) is 0.261. The fourth-order valence-corrected chi connectivity index (χ4v) is 4.12. The first-order valence-corrected chi connectivity index (χ1v) is 10.9. The zero-order chi connectivity index (χ0) is 22.4. The molecule has 0 atom stereocenters. The Balaban J connectivity index is 1.72. The molecule has 1 amide bonds. The molecule has 31 heavy (non-hydrogen) atoms. The summed E-state index contributed by atoms with van der Waals surface area (Å²) in [6.45, 7) is 4.23. The van der Waals surface area contributed by atoms with Crippen LogP contribution in [0.4, 0.5) is 0 Å². The molecule has 2 aromatic carbocycles. The molecule has 1 heterocycles. The van der Waals surface area contributed by atoms with E-state index in [-0.39, 0.29) is 19.1 Å². The highest BCUT2D eigenvalue weighted by molar-refractivity contribution is 8.26. The highest BCUT2D eigenvalue weighted by Crippen LogP contribution is 2.35. The van der Waals surface area contributed by atoms with Crippen LogP contribution in [0.3, 0.4) is 0 Å². The van der Waals surface area contributed by atoms with E-state index in [9.17, 15) is 9.59 Å². The highest BCUT2D eigenvalue weighted by Gasteiger charge is 2.33. The van der Waals surface area contributed by atoms with Gasteiger partial charge in [-0.15, -0.1) is 0 Å². The second kappa shape index (κ2) is 10.5. The van der Waals surface area contributed by atoms with Crippen LogP contribution in [0.25, 0.3) is 6.08 Å². The molecule has 0 spiro atoms. The molecule has 0 aromatic heterocycles. The van der Waals surface area contributed by atoms with Crippen molar-refractivity contribution in [2.45, 2.75) is 20.5 Å². The lowest BCUT2D eigenvalue weighted by atomic mass is 10.1. The largest absolute Gasteiger partial charge is 0.493 e. The molecule has 1 aliphatic heterocycles. The molecule has 0 saturated carbocycles. The second-order valence-electron chi connectivity index (χ2n) is 6.76. The Bertz CT molecular complexity index is 1020. The molecular weight excluding hydrogens is 434 g/mol. The van der Waals surface area contributed by atoms with Crippen LogP contribution in [0.5, 0.6) is 11.5 Å². The van der Waals surface area contributed by atoms with Crippen molar-refractivity contribution in [3.8, 4) is 11.5 Å². The van der Waals surface area contributed by atoms with Crippen molar-refractivity contribution >= 4 is 46.3 Å². The minimum atomic E-state index is -0.489. The van der Waals surface area contributed by atoms with Gasteiger partial charge in [0, 0.05) is 0 Å². The molecule has 0 radical (unpaired) electrons. The average molecular weight is 458 g/mol. The molecule has 0 N–H and O–H groups in total. The summed E-state index contributed by atoms with van der Waals surface area (Å²) in [7, 11) is 1.57. The van der Waals surface area contributed by atoms with E-state index in [1.54, 1.807) is 32.2 Å². The normalized spacial score (nSPS) is 14.8. The molecule has 2 aromatic rings. The van der Waals surface area contributed by atoms with Gasteiger partial charge in [0.2, 0.25) is 0 Å². The maximum Gasteiger partial charge on any atom is 0.326 e. The smallest absolute Gasteiger partial charge is 0.326 e. The minimum Gasteiger partial charge on any atom is -0.493 e. The van der Waals surface area contributed by atoms with Crippen molar-refractivity contribution in [2.75, 3.05) is 20.3 Å². The summed E-state index contributed by atoms with van der Waals surface area (Å²) in [5.74, 6) is 0.358. The Morgan fingerprint density at radius 3 is 2.58 bits per heavy atom. The Labute approximate surface area is 191 Å². The minimum absolute atomic E-state index is 0.190. The van der Waals surface area contributed by atoms with Crippen LogP contribution in [0, 0.1) is 6.92 Å². The Morgan fingerprint density at radius 1 is 1.16 bits per heavy atom. The van der Waals surface area contributed by atoms with Gasteiger partial charge in [0.15, 0.2) is 11.5 Å². The van der Waals surface area contributed by atoms with Crippen LogP contribution in [0.1, 0.15) is 23.6 Å². The van der Waals surface area contributed by atoms with E-state index in [0.717, 1.165) is 22.9 Å². The van der Waals surface area contributed by atoms with Crippen molar-refractivity contribution in [1.29, 1.82) is 0 Å². The van der Waals surface area contributed by atoms with Crippen molar-refractivity contribution in [3.63, 3.8) is 0 Å². The number of ether oxygens (including phenoxy) is 3. The van der Waals surface area contributed by atoms with Gasteiger partial charge in [-0.05, 0) is 43.2 Å². The number of hydrogen-bond acceptors (Lipinski definition) is 7. The van der Waals surface area contributed by atoms with E-state index in [1.165, 1.54) is 10.5 Å². The standard InChI is InChI=1S/C23H23NO5S2/c1-4-28-21(25)13-24-22(26)20(31-23(24)30)12-17-9-10-18(19(11-17)27-3)29-14-16-7-5-15(2)6-8-16/h5-12H,4,13-14H2,1-3H3/b20-12-. The Kier molecular flexibility index (Phi) is 7.70. The molecular formula is C23H23NO5S2. The Morgan fingerprint density at radius 2 is 1.90 bits per heavy atom. The summed E-state index contributed by atoms with van der Waals surface area (Å²) in [5.41, 5.74) is 3.01. The number of benzene rings is 2. The van der Waals surface area contributed by atoms with Crippen molar-refractivity contribution in [3.05, 3.63) is 64.1 Å². The second-order valence-corrected chi connectivity index (χ2v) is 8.43. The van der Waals surface area contributed by atoms with E-state index in [0.29, 0.717) is 27.3 Å². The first-order chi connectivity index (χ1) is 14.9. The van der Waals surface area contributed by atoms with Gasteiger partial charge in [-0.25, -0.2) is 0 Å². The third kappa shape index (κ3) is 5.86. The van der Waals surface area contributed by atoms with E-state index in [1.807, 2.05) is 37.3 Å². The number of thioether (sulfide) groups is 1. The average Bonchev–Trinajstić information content (AvgIpc) is 3.01. The lowest BCUT2D eigenvalue weighted by Crippen LogP contribution is -2.34. The Hall–Kier alpha value is -2.84. The molecule has 6 nitrogen and oxygen atoms in total. The zero-order valence-corrected chi connectivity index (χ0v) is 19.2. The third-order valence-electron chi connectivity index (χ3n) is 4.47. The van der Waals surface area contributed by atoms with Gasteiger partial charge in [0.25, 0.3) is 5.91 Å². The van der Waals surface area contributed by atoms with Gasteiger partial charge < -0.3 is 14.2 Å². The van der Waals surface area contributed by atoms with Crippen molar-refractivity contribution in [1.82, 2.24) is 4.90 Å². The van der Waals surface area contributed by atoms with Crippen molar-refractivity contribution < 1.29 is 23.8 Å². The van der Waals surface area contributed by atoms with Gasteiger partial charge in [-0.1, -0.05) is 59.9 Å². The zero-order valence-electron chi connectivity index (χ0n) is 17.5. The number of nitrogens with zero attached hydrogens (tertiary/aromatic N) is 1. The lowest BCUT2D eigenvalue weighted by Gasteiger charge is -2.13. The maximum atomic E-state index is 12.7. The number of amides is 1. The molecule has 1 aliphatic rings. The number of carbonyl (C=O) groups is 2. The van der Waals surface area contributed by atoms with Gasteiger partial charge in [0.05, 0.1) is 18.6 Å². The van der Waals surface area contributed by atoms with E-state index in [2.05, 4.69) is 0 Å². The van der Waals surface area contributed by atoms with Crippen LogP contribution < -0.4 is 9.47 Å². The van der Waals surface area contributed by atoms with Crippen molar-refractivity contribution in [2.24, 2.45) is 0 Å². The number of hydrogen-bond donors (Lipinski definition) is 0. The monoisotopic (exact) mass is 457 g/mol. The first kappa shape index (κ1) is 22.8. The maximum absolute atomic E-state index is 12.7. The van der Waals surface area contributed by atoms with Gasteiger partial charge in [0.1, 0.15) is 17.5 Å². The summed E-state index contributed by atoms with van der Waals surface area (Å²) < 4.78 is 16.6. The van der Waals surface area contributed by atoms with Crippen LogP contribution in [0.15, 0.2) is 47.4 Å². The van der Waals surface area contributed by atoms with Crippen LogP contribution in [-0.2, 0) is 20.9 Å². The summed E-state index contributed by atoms with van der Waals surface area (Å²) in [6, 6.07) is 13.6. The molecule has 0 bridgehead atoms. The first-order valence-electron chi connectivity index (χ1n) is 9.68. The molecule has 1 fully saturated rings. The number of esters is 1. The SMILES string of the molecule is CCOC(=O)CN1C(=O)/C(=C/c2ccc(OCc3ccc(C)cc3)c(OC)c2)SC1=S. The predicted molar refractivity (Wildman–Crippen MR) is 125 cm³/mol. The quantitative estimate of drug-likeness (QED) is 0.332. The van der Waals surface area contributed by atoms with Gasteiger partial charge in [-0.2, -0.15) is 0 Å². The number of methoxy groups -OCH3 is 1. The molecule has 0 aliphatic carbocycles. The third-order valence-corrected chi connectivity index (χ3v) is 5.84. The van der Waals surface area contributed by atoms with Crippen LogP contribution >= 0.6 is 24.0 Å². The highest BCUT2D eigenvalue weighted by atomic mass is 32.2. The molecule has 1 saturated heterocycles. The van der Waals surface area contributed by atoms with Crippen LogP contribution in [-0.4, -0.2) is 41.4 Å². The fourth-order valence-electron chi connectivity index (χ4n) is 2.86. The summed E-state index contributed by atoms with van der Waals surface area (Å²) in [4.78, 5) is 26.1. The summed E-state index contributed by atoms with van der Waals surface area (Å²) in [6.07, 6.45) is 1.72. The number of thiocarbonyl (C=S) groups is 1. The lowest BCUT2D eigenvalue weighted by molar-refractivity contribution is -0.145. The molecule has 3 rings (SSSR count). The summed E-state index contributed by atoms with van der Waals surface area (Å²) in [5, 5.41) is 0. The number of aryl methyl sites for hydroxylation is 1.